The molecule has 0 aromatic carbocycles. The molecule has 0 radical (unpaired) electrons. The fraction of sp³-hybridized carbons (Fsp3) is 0.583. The summed E-state index contributed by atoms with van der Waals surface area (Å²) in [6, 6.07) is 0. The highest BCUT2D eigenvalue weighted by molar-refractivity contribution is 5.34. The number of nitriles is 1. The van der Waals surface area contributed by atoms with Crippen LogP contribution in [-0.2, 0) is 0 Å². The lowest BCUT2D eigenvalue weighted by atomic mass is 9.85. The molecule has 1 heterocycles. The second kappa shape index (κ2) is 4.93. The lowest BCUT2D eigenvalue weighted by molar-refractivity contribution is 0.442. The van der Waals surface area contributed by atoms with Crippen molar-refractivity contribution in [2.75, 3.05) is 11.9 Å². The normalized spacial score (nSPS) is 16.8. The molecule has 1 fully saturated rings. The topological polar surface area (TPSA) is 52.8 Å². The lowest BCUT2D eigenvalue weighted by Crippen LogP contribution is -2.13. The van der Waals surface area contributed by atoms with E-state index in [1.54, 1.807) is 7.05 Å². The van der Waals surface area contributed by atoms with E-state index in [1.165, 1.54) is 42.6 Å². The fourth-order valence-electron chi connectivity index (χ4n) is 2.20. The Kier molecular flexibility index (Phi) is 3.35. The zero-order chi connectivity index (χ0) is 11.4. The number of anilines is 1. The first-order valence-corrected chi connectivity index (χ1v) is 5.76. The number of aromatic nitrogens is 2. The third-order valence-corrected chi connectivity index (χ3v) is 3.18. The predicted octanol–water partition coefficient (Wildman–Crippen LogP) is 2.44. The Labute approximate surface area is 95.9 Å². The van der Waals surface area contributed by atoms with Gasteiger partial charge in [-0.25, -0.2) is 9.97 Å². The Bertz CT molecular complexity index is 373. The van der Waals surface area contributed by atoms with Gasteiger partial charge in [-0.2, -0.15) is 5.26 Å². The fourth-order valence-corrected chi connectivity index (χ4v) is 2.20. The summed E-state index contributed by atoms with van der Waals surface area (Å²) in [6.45, 7) is 0. The summed E-state index contributed by atoms with van der Waals surface area (Å²) in [5.74, 6) is 1.09. The molecule has 0 N–H and O–H groups in total. The Hall–Kier alpha value is -1.63. The lowest BCUT2D eigenvalue weighted by Gasteiger charge is -2.21. The van der Waals surface area contributed by atoms with Gasteiger partial charge in [-0.3, -0.25) is 4.90 Å². The molecule has 4 heteroatoms. The molecule has 1 aliphatic carbocycles. The van der Waals surface area contributed by atoms with Crippen LogP contribution in [-0.4, -0.2) is 17.0 Å². The van der Waals surface area contributed by atoms with E-state index in [1.807, 2.05) is 18.6 Å². The maximum absolute atomic E-state index is 8.70. The first-order valence-electron chi connectivity index (χ1n) is 5.76. The summed E-state index contributed by atoms with van der Waals surface area (Å²) >= 11 is 0. The van der Waals surface area contributed by atoms with Gasteiger partial charge in [0.2, 0.25) is 5.95 Å². The summed E-state index contributed by atoms with van der Waals surface area (Å²) in [7, 11) is 1.66. The average molecular weight is 216 g/mol. The molecule has 0 saturated heterocycles. The molecule has 1 aromatic heterocycles. The SMILES string of the molecule is CN(C#N)c1ncc(C2CCCCC2)cn1. The van der Waals surface area contributed by atoms with E-state index in [0.717, 1.165) is 0 Å². The molecule has 1 aliphatic rings. The summed E-state index contributed by atoms with van der Waals surface area (Å²) < 4.78 is 0. The van der Waals surface area contributed by atoms with Crippen LogP contribution in [0.15, 0.2) is 12.4 Å². The summed E-state index contributed by atoms with van der Waals surface area (Å²) in [5, 5.41) is 8.70. The van der Waals surface area contributed by atoms with Crippen LogP contribution < -0.4 is 4.90 Å². The Morgan fingerprint density at radius 1 is 1.25 bits per heavy atom. The minimum atomic E-state index is 0.474. The predicted molar refractivity (Wildman–Crippen MR) is 61.9 cm³/mol. The van der Waals surface area contributed by atoms with Gasteiger partial charge in [-0.1, -0.05) is 19.3 Å². The van der Waals surface area contributed by atoms with E-state index in [2.05, 4.69) is 9.97 Å². The van der Waals surface area contributed by atoms with Crippen LogP contribution >= 0.6 is 0 Å². The Morgan fingerprint density at radius 2 is 1.88 bits per heavy atom. The molecular formula is C12H16N4. The van der Waals surface area contributed by atoms with Crippen molar-refractivity contribution >= 4 is 5.95 Å². The monoisotopic (exact) mass is 216 g/mol. The maximum atomic E-state index is 8.70. The minimum Gasteiger partial charge on any atom is -0.250 e. The molecule has 1 aromatic rings. The van der Waals surface area contributed by atoms with Crippen molar-refractivity contribution < 1.29 is 0 Å². The van der Waals surface area contributed by atoms with Gasteiger partial charge in [0.25, 0.3) is 0 Å². The molecule has 0 bridgehead atoms. The van der Waals surface area contributed by atoms with E-state index < -0.39 is 0 Å². The van der Waals surface area contributed by atoms with Crippen molar-refractivity contribution in [3.63, 3.8) is 0 Å². The second-order valence-electron chi connectivity index (χ2n) is 4.31. The van der Waals surface area contributed by atoms with Crippen molar-refractivity contribution in [3.05, 3.63) is 18.0 Å². The highest BCUT2D eigenvalue weighted by atomic mass is 15.2. The molecule has 4 nitrogen and oxygen atoms in total. The van der Waals surface area contributed by atoms with Gasteiger partial charge in [0, 0.05) is 19.4 Å². The van der Waals surface area contributed by atoms with Crippen LogP contribution in [0, 0.1) is 11.5 Å². The molecule has 16 heavy (non-hydrogen) atoms. The van der Waals surface area contributed by atoms with Crippen LogP contribution in [0.4, 0.5) is 5.95 Å². The van der Waals surface area contributed by atoms with Gasteiger partial charge in [0.15, 0.2) is 6.19 Å². The number of rotatable bonds is 2. The van der Waals surface area contributed by atoms with Crippen molar-refractivity contribution in [3.8, 4) is 6.19 Å². The second-order valence-corrected chi connectivity index (χ2v) is 4.31. The van der Waals surface area contributed by atoms with Gasteiger partial charge in [-0.05, 0) is 24.3 Å². The van der Waals surface area contributed by atoms with E-state index >= 15 is 0 Å². The molecule has 0 amide bonds. The van der Waals surface area contributed by atoms with Crippen LogP contribution in [0.5, 0.6) is 0 Å². The van der Waals surface area contributed by atoms with Gasteiger partial charge < -0.3 is 0 Å². The molecule has 0 atom stereocenters. The quantitative estimate of drug-likeness (QED) is 0.563. The van der Waals surface area contributed by atoms with E-state index in [0.29, 0.717) is 11.9 Å². The van der Waals surface area contributed by atoms with Crippen LogP contribution in [0.2, 0.25) is 0 Å². The summed E-state index contributed by atoms with van der Waals surface area (Å²) in [4.78, 5) is 9.80. The van der Waals surface area contributed by atoms with E-state index in [4.69, 9.17) is 5.26 Å². The molecule has 0 unspecified atom stereocenters. The third kappa shape index (κ3) is 2.30. The highest BCUT2D eigenvalue weighted by Gasteiger charge is 2.16. The van der Waals surface area contributed by atoms with Crippen molar-refractivity contribution in [1.82, 2.24) is 9.97 Å². The van der Waals surface area contributed by atoms with E-state index in [9.17, 15) is 0 Å². The zero-order valence-electron chi connectivity index (χ0n) is 9.56. The number of nitrogens with zero attached hydrogens (tertiary/aromatic N) is 4. The maximum Gasteiger partial charge on any atom is 0.238 e. The zero-order valence-corrected chi connectivity index (χ0v) is 9.56. The largest absolute Gasteiger partial charge is 0.250 e. The molecule has 84 valence electrons. The molecule has 0 aliphatic heterocycles. The molecule has 1 saturated carbocycles. The van der Waals surface area contributed by atoms with Crippen LogP contribution in [0.25, 0.3) is 0 Å². The Morgan fingerprint density at radius 3 is 2.44 bits per heavy atom. The Balaban J connectivity index is 2.09. The third-order valence-electron chi connectivity index (χ3n) is 3.18. The smallest absolute Gasteiger partial charge is 0.238 e. The van der Waals surface area contributed by atoms with Gasteiger partial charge >= 0.3 is 0 Å². The summed E-state index contributed by atoms with van der Waals surface area (Å²) in [6.07, 6.45) is 12.2. The van der Waals surface area contributed by atoms with Crippen molar-refractivity contribution in [2.24, 2.45) is 0 Å². The average Bonchev–Trinajstić information content (AvgIpc) is 2.39. The van der Waals surface area contributed by atoms with Gasteiger partial charge in [-0.15, -0.1) is 0 Å². The first-order chi connectivity index (χ1) is 7.81. The first kappa shape index (κ1) is 10.9. The minimum absolute atomic E-state index is 0.474. The number of hydrogen-bond donors (Lipinski definition) is 0. The molecule has 2 rings (SSSR count). The number of hydrogen-bond acceptors (Lipinski definition) is 4. The van der Waals surface area contributed by atoms with E-state index in [-0.39, 0.29) is 0 Å². The molecule has 0 spiro atoms. The van der Waals surface area contributed by atoms with Crippen molar-refractivity contribution in [2.45, 2.75) is 38.0 Å². The van der Waals surface area contributed by atoms with Crippen LogP contribution in [0.1, 0.15) is 43.6 Å². The van der Waals surface area contributed by atoms with Crippen molar-refractivity contribution in [1.29, 1.82) is 5.26 Å². The van der Waals surface area contributed by atoms with Gasteiger partial charge in [0.05, 0.1) is 0 Å². The van der Waals surface area contributed by atoms with Gasteiger partial charge in [0.1, 0.15) is 0 Å². The van der Waals surface area contributed by atoms with Crippen LogP contribution in [0.3, 0.4) is 0 Å². The summed E-state index contributed by atoms with van der Waals surface area (Å²) in [5.41, 5.74) is 1.22. The highest BCUT2D eigenvalue weighted by Crippen LogP contribution is 2.31. The molecular weight excluding hydrogens is 200 g/mol. The standard InChI is InChI=1S/C12H16N4/c1-16(9-13)12-14-7-11(8-15-12)10-5-3-2-4-6-10/h7-8,10H,2-6H2,1H3.